The number of nitrogens with zero attached hydrogens (tertiary/aromatic N) is 3. The molecule has 70 valence electrons. The van der Waals surface area contributed by atoms with Crippen LogP contribution in [0.3, 0.4) is 0 Å². The molecule has 0 N–H and O–H groups in total. The van der Waals surface area contributed by atoms with Crippen molar-refractivity contribution < 1.29 is 0 Å². The predicted molar refractivity (Wildman–Crippen MR) is 65.4 cm³/mol. The molecule has 0 unspecified atom stereocenters. The van der Waals surface area contributed by atoms with Crippen molar-refractivity contribution in [1.82, 2.24) is 9.97 Å². The maximum Gasteiger partial charge on any atom is 0.150 e. The second kappa shape index (κ2) is 3.85. The van der Waals surface area contributed by atoms with Crippen LogP contribution in [0.5, 0.6) is 0 Å². The highest BCUT2D eigenvalue weighted by atomic mass is 127. The van der Waals surface area contributed by atoms with Crippen molar-refractivity contribution in [2.45, 2.75) is 0 Å². The van der Waals surface area contributed by atoms with Crippen molar-refractivity contribution in [2.24, 2.45) is 5.18 Å². The van der Waals surface area contributed by atoms with Crippen LogP contribution in [0.25, 0.3) is 11.0 Å². The Hall–Kier alpha value is -0.630. The second-order valence-electron chi connectivity index (χ2n) is 2.55. The van der Waals surface area contributed by atoms with Crippen molar-refractivity contribution in [3.05, 3.63) is 31.4 Å². The summed E-state index contributed by atoms with van der Waals surface area (Å²) >= 11 is 5.28. The number of hydrogen-bond donors (Lipinski definition) is 0. The van der Waals surface area contributed by atoms with E-state index in [2.05, 4.69) is 31.1 Å². The van der Waals surface area contributed by atoms with E-state index >= 15 is 0 Å². The monoisotopic (exact) mass is 363 g/mol. The van der Waals surface area contributed by atoms with Gasteiger partial charge in [-0.3, -0.25) is 4.98 Å². The van der Waals surface area contributed by atoms with Crippen LogP contribution in [0.1, 0.15) is 0 Å². The number of benzene rings is 1. The van der Waals surface area contributed by atoms with Crippen LogP contribution in [0, 0.1) is 8.61 Å². The number of fused-ring (bicyclic) bond motifs is 1. The summed E-state index contributed by atoms with van der Waals surface area (Å²) in [6.07, 6.45) is 1.64. The Labute approximate surface area is 101 Å². The van der Waals surface area contributed by atoms with E-state index in [0.717, 1.165) is 3.70 Å². The van der Waals surface area contributed by atoms with Crippen LogP contribution >= 0.6 is 38.5 Å². The second-order valence-corrected chi connectivity index (χ2v) is 4.51. The van der Waals surface area contributed by atoms with Gasteiger partial charge in [0.2, 0.25) is 0 Å². The van der Waals surface area contributed by atoms with Crippen molar-refractivity contribution >= 4 is 55.2 Å². The van der Waals surface area contributed by atoms with Crippen molar-refractivity contribution in [3.8, 4) is 0 Å². The highest BCUT2D eigenvalue weighted by Crippen LogP contribution is 2.31. The van der Waals surface area contributed by atoms with Crippen LogP contribution < -0.4 is 0 Å². The van der Waals surface area contributed by atoms with Gasteiger partial charge in [0, 0.05) is 4.47 Å². The summed E-state index contributed by atoms with van der Waals surface area (Å²) in [6.45, 7) is 0. The lowest BCUT2D eigenvalue weighted by atomic mass is 10.2. The first-order valence-corrected chi connectivity index (χ1v) is 5.53. The average Bonchev–Trinajstić information content (AvgIpc) is 2.17. The van der Waals surface area contributed by atoms with Crippen LogP contribution in [0.2, 0.25) is 0 Å². The van der Waals surface area contributed by atoms with Gasteiger partial charge < -0.3 is 0 Å². The van der Waals surface area contributed by atoms with E-state index in [9.17, 15) is 4.91 Å². The highest BCUT2D eigenvalue weighted by Gasteiger charge is 2.08. The van der Waals surface area contributed by atoms with Gasteiger partial charge in [0.05, 0.1) is 11.7 Å². The summed E-state index contributed by atoms with van der Waals surface area (Å²) < 4.78 is 1.37. The Morgan fingerprint density at radius 2 is 2.21 bits per heavy atom. The van der Waals surface area contributed by atoms with Crippen LogP contribution in [-0.4, -0.2) is 9.97 Å². The van der Waals surface area contributed by atoms with Gasteiger partial charge in [-0.15, -0.1) is 4.91 Å². The largest absolute Gasteiger partial charge is 0.252 e. The molecule has 2 rings (SSSR count). The van der Waals surface area contributed by atoms with Gasteiger partial charge in [0.1, 0.15) is 14.9 Å². The van der Waals surface area contributed by atoms with Gasteiger partial charge in [-0.05, 0) is 55.8 Å². The maximum atomic E-state index is 10.6. The Morgan fingerprint density at radius 3 is 2.93 bits per heavy atom. The van der Waals surface area contributed by atoms with E-state index in [1.807, 2.05) is 22.6 Å². The van der Waals surface area contributed by atoms with Crippen molar-refractivity contribution in [2.75, 3.05) is 0 Å². The fourth-order valence-corrected chi connectivity index (χ4v) is 1.88. The number of aromatic nitrogens is 2. The summed E-state index contributed by atoms with van der Waals surface area (Å²) in [6, 6.07) is 3.53. The summed E-state index contributed by atoms with van der Waals surface area (Å²) in [7, 11) is 0. The van der Waals surface area contributed by atoms with Gasteiger partial charge in [0.15, 0.2) is 0 Å². The molecular formula is C8H3BrIN3O. The Morgan fingerprint density at radius 1 is 1.43 bits per heavy atom. The Bertz CT molecular complexity index is 512. The van der Waals surface area contributed by atoms with Crippen LogP contribution in [0.15, 0.2) is 28.0 Å². The molecule has 0 aliphatic rings. The fourth-order valence-electron chi connectivity index (χ4n) is 1.10. The average molecular weight is 364 g/mol. The lowest BCUT2D eigenvalue weighted by molar-refractivity contribution is 1.24. The topological polar surface area (TPSA) is 55.2 Å². The van der Waals surface area contributed by atoms with Crippen molar-refractivity contribution in [1.29, 1.82) is 0 Å². The zero-order valence-electron chi connectivity index (χ0n) is 6.74. The molecule has 0 aliphatic heterocycles. The summed E-state index contributed by atoms with van der Waals surface area (Å²) in [4.78, 5) is 19.0. The highest BCUT2D eigenvalue weighted by molar-refractivity contribution is 14.1. The zero-order chi connectivity index (χ0) is 10.1. The molecular weight excluding hydrogens is 361 g/mol. The Kier molecular flexibility index (Phi) is 2.73. The van der Waals surface area contributed by atoms with Crippen molar-refractivity contribution in [3.63, 3.8) is 0 Å². The summed E-state index contributed by atoms with van der Waals surface area (Å²) in [5.74, 6) is 0. The third kappa shape index (κ3) is 1.63. The molecule has 0 saturated carbocycles. The Balaban J connectivity index is 2.91. The van der Waals surface area contributed by atoms with E-state index in [1.54, 1.807) is 18.3 Å². The van der Waals surface area contributed by atoms with Crippen LogP contribution in [-0.2, 0) is 0 Å². The molecule has 0 atom stereocenters. The molecule has 14 heavy (non-hydrogen) atoms. The molecule has 0 bridgehead atoms. The van der Waals surface area contributed by atoms with E-state index in [-0.39, 0.29) is 0 Å². The molecule has 1 aromatic heterocycles. The zero-order valence-corrected chi connectivity index (χ0v) is 10.5. The molecule has 6 heteroatoms. The standard InChI is InChI=1S/C8H3BrIN3O/c9-4-1-2-5-8(7(4)13-14)12-6(10)3-11-5/h1-3H. The molecule has 4 nitrogen and oxygen atoms in total. The molecule has 0 radical (unpaired) electrons. The number of halogens is 2. The third-order valence-electron chi connectivity index (χ3n) is 1.70. The molecule has 1 heterocycles. The fraction of sp³-hybridized carbons (Fsp3) is 0. The molecule has 0 amide bonds. The molecule has 1 aromatic carbocycles. The molecule has 0 saturated heterocycles. The lowest BCUT2D eigenvalue weighted by Crippen LogP contribution is -1.87. The minimum Gasteiger partial charge on any atom is -0.252 e. The summed E-state index contributed by atoms with van der Waals surface area (Å²) in [5.41, 5.74) is 1.50. The number of rotatable bonds is 1. The minimum atomic E-state index is 0.300. The van der Waals surface area contributed by atoms with Gasteiger partial charge in [-0.25, -0.2) is 4.98 Å². The summed E-state index contributed by atoms with van der Waals surface area (Å²) in [5, 5.41) is 2.94. The van der Waals surface area contributed by atoms with E-state index in [4.69, 9.17) is 0 Å². The normalized spacial score (nSPS) is 10.4. The van der Waals surface area contributed by atoms with E-state index in [1.165, 1.54) is 0 Å². The maximum absolute atomic E-state index is 10.6. The van der Waals surface area contributed by atoms with Crippen LogP contribution in [0.4, 0.5) is 5.69 Å². The SMILES string of the molecule is O=Nc1c(Br)ccc2ncc(I)nc12. The smallest absolute Gasteiger partial charge is 0.150 e. The van der Waals surface area contributed by atoms with Gasteiger partial charge in [-0.1, -0.05) is 0 Å². The number of nitroso groups, excluding NO2 is 1. The van der Waals surface area contributed by atoms with Gasteiger partial charge >= 0.3 is 0 Å². The van der Waals surface area contributed by atoms with E-state index in [0.29, 0.717) is 21.2 Å². The first-order valence-electron chi connectivity index (χ1n) is 3.66. The predicted octanol–water partition coefficient (Wildman–Crippen LogP) is 3.39. The quantitative estimate of drug-likeness (QED) is 0.576. The van der Waals surface area contributed by atoms with Gasteiger partial charge in [0.25, 0.3) is 0 Å². The van der Waals surface area contributed by atoms with Gasteiger partial charge in [-0.2, -0.15) is 0 Å². The molecule has 0 spiro atoms. The molecule has 0 aliphatic carbocycles. The molecule has 0 fully saturated rings. The third-order valence-corrected chi connectivity index (χ3v) is 2.86. The minimum absolute atomic E-state index is 0.300. The lowest BCUT2D eigenvalue weighted by Gasteiger charge is -2.00. The number of hydrogen-bond acceptors (Lipinski definition) is 4. The first kappa shape index (κ1) is 9.91. The molecule has 2 aromatic rings. The van der Waals surface area contributed by atoms with E-state index < -0.39 is 0 Å². The first-order chi connectivity index (χ1) is 6.72.